The summed E-state index contributed by atoms with van der Waals surface area (Å²) in [6, 6.07) is 10.6. The summed E-state index contributed by atoms with van der Waals surface area (Å²) in [6.07, 6.45) is 0.633. The molecule has 0 aliphatic rings. The third-order valence-corrected chi connectivity index (χ3v) is 6.56. The molecule has 0 radical (unpaired) electrons. The monoisotopic (exact) mass is 372 g/mol. The van der Waals surface area contributed by atoms with Crippen LogP contribution < -0.4 is 5.32 Å². The zero-order valence-electron chi connectivity index (χ0n) is 12.5. The second-order valence-corrected chi connectivity index (χ2v) is 8.58. The average molecular weight is 373 g/mol. The van der Waals surface area contributed by atoms with Crippen LogP contribution in [0.3, 0.4) is 0 Å². The van der Waals surface area contributed by atoms with E-state index in [-0.39, 0.29) is 16.7 Å². The molecule has 2 rings (SSSR count). The van der Waals surface area contributed by atoms with Crippen LogP contribution >= 0.6 is 22.9 Å². The predicted octanol–water partition coefficient (Wildman–Crippen LogP) is 2.38. The quantitative estimate of drug-likeness (QED) is 0.811. The van der Waals surface area contributed by atoms with Crippen LogP contribution in [0, 0.1) is 0 Å². The number of carbonyl (C=O) groups is 1. The number of thiophene rings is 1. The van der Waals surface area contributed by atoms with Gasteiger partial charge < -0.3 is 5.32 Å². The Labute approximate surface area is 144 Å². The standard InChI is InChI=1S/C15H17ClN2O3S2/c1-18(23(20,21)15-6-3-9-22-15)11-14(19)17-8-7-12-4-2-5-13(16)10-12/h2-6,9-10H,7-8,11H2,1H3,(H,17,19). The Morgan fingerprint density at radius 1 is 1.30 bits per heavy atom. The molecule has 1 heterocycles. The number of sulfonamides is 1. The van der Waals surface area contributed by atoms with E-state index < -0.39 is 10.0 Å². The van der Waals surface area contributed by atoms with E-state index in [4.69, 9.17) is 11.6 Å². The van der Waals surface area contributed by atoms with Crippen molar-refractivity contribution in [1.29, 1.82) is 0 Å². The number of nitrogens with zero attached hydrogens (tertiary/aromatic N) is 1. The molecule has 5 nitrogen and oxygen atoms in total. The number of likely N-dealkylation sites (N-methyl/N-ethyl adjacent to an activating group) is 1. The maximum absolute atomic E-state index is 12.2. The molecule has 0 spiro atoms. The van der Waals surface area contributed by atoms with Crippen molar-refractivity contribution in [3.8, 4) is 0 Å². The van der Waals surface area contributed by atoms with Crippen molar-refractivity contribution in [3.63, 3.8) is 0 Å². The van der Waals surface area contributed by atoms with Gasteiger partial charge in [0, 0.05) is 18.6 Å². The van der Waals surface area contributed by atoms with Crippen LogP contribution in [0.25, 0.3) is 0 Å². The summed E-state index contributed by atoms with van der Waals surface area (Å²) in [4.78, 5) is 11.9. The van der Waals surface area contributed by atoms with E-state index >= 15 is 0 Å². The van der Waals surface area contributed by atoms with Crippen LogP contribution in [0.5, 0.6) is 0 Å². The van der Waals surface area contributed by atoms with E-state index in [9.17, 15) is 13.2 Å². The minimum Gasteiger partial charge on any atom is -0.355 e. The second kappa shape index (κ2) is 7.92. The summed E-state index contributed by atoms with van der Waals surface area (Å²) in [5.41, 5.74) is 1.01. The number of benzene rings is 1. The lowest BCUT2D eigenvalue weighted by Gasteiger charge is -2.15. The first kappa shape index (κ1) is 17.9. The number of hydrogen-bond acceptors (Lipinski definition) is 4. The number of amides is 1. The lowest BCUT2D eigenvalue weighted by Crippen LogP contribution is -2.38. The second-order valence-electron chi connectivity index (χ2n) is 4.92. The van der Waals surface area contributed by atoms with Crippen molar-refractivity contribution in [3.05, 3.63) is 52.4 Å². The third-order valence-electron chi connectivity index (χ3n) is 3.15. The largest absolute Gasteiger partial charge is 0.355 e. The van der Waals surface area contributed by atoms with Crippen molar-refractivity contribution in [1.82, 2.24) is 9.62 Å². The van der Waals surface area contributed by atoms with Crippen molar-refractivity contribution in [2.75, 3.05) is 20.1 Å². The highest BCUT2D eigenvalue weighted by Gasteiger charge is 2.23. The minimum atomic E-state index is -3.60. The normalized spacial score (nSPS) is 11.6. The molecule has 0 aliphatic carbocycles. The van der Waals surface area contributed by atoms with E-state index in [0.717, 1.165) is 21.2 Å². The zero-order valence-corrected chi connectivity index (χ0v) is 14.9. The number of rotatable bonds is 7. The number of carbonyl (C=O) groups excluding carboxylic acids is 1. The SMILES string of the molecule is CN(CC(=O)NCCc1cccc(Cl)c1)S(=O)(=O)c1cccs1. The first-order valence-corrected chi connectivity index (χ1v) is 9.60. The molecule has 1 N–H and O–H groups in total. The average Bonchev–Trinajstić information content (AvgIpc) is 3.02. The number of nitrogens with one attached hydrogen (secondary N) is 1. The Kier molecular flexibility index (Phi) is 6.17. The lowest BCUT2D eigenvalue weighted by atomic mass is 10.1. The van der Waals surface area contributed by atoms with E-state index in [1.807, 2.05) is 18.2 Å². The van der Waals surface area contributed by atoms with Crippen LogP contribution in [0.15, 0.2) is 46.0 Å². The lowest BCUT2D eigenvalue weighted by molar-refractivity contribution is -0.121. The van der Waals surface area contributed by atoms with Gasteiger partial charge >= 0.3 is 0 Å². The summed E-state index contributed by atoms with van der Waals surface area (Å²) < 4.78 is 25.7. The van der Waals surface area contributed by atoms with Gasteiger partial charge in [-0.3, -0.25) is 4.79 Å². The topological polar surface area (TPSA) is 66.5 Å². The molecule has 1 amide bonds. The molecule has 1 aromatic carbocycles. The zero-order chi connectivity index (χ0) is 16.9. The van der Waals surface area contributed by atoms with Gasteiger partial charge in [-0.15, -0.1) is 11.3 Å². The van der Waals surface area contributed by atoms with Gasteiger partial charge in [0.2, 0.25) is 5.91 Å². The fourth-order valence-electron chi connectivity index (χ4n) is 1.95. The van der Waals surface area contributed by atoms with Gasteiger partial charge in [-0.05, 0) is 35.6 Å². The van der Waals surface area contributed by atoms with Crippen LogP contribution in [-0.2, 0) is 21.2 Å². The Morgan fingerprint density at radius 2 is 2.09 bits per heavy atom. The van der Waals surface area contributed by atoms with Gasteiger partial charge in [-0.1, -0.05) is 29.8 Å². The van der Waals surface area contributed by atoms with Crippen LogP contribution in [0.4, 0.5) is 0 Å². The van der Waals surface area contributed by atoms with Crippen LogP contribution in [-0.4, -0.2) is 38.8 Å². The molecule has 0 fully saturated rings. The summed E-state index contributed by atoms with van der Waals surface area (Å²) in [6.45, 7) is 0.210. The molecule has 0 bridgehead atoms. The molecule has 23 heavy (non-hydrogen) atoms. The number of halogens is 1. The van der Waals surface area contributed by atoms with Gasteiger partial charge in [-0.25, -0.2) is 8.42 Å². The Bertz CT molecular complexity index is 761. The summed E-state index contributed by atoms with van der Waals surface area (Å²) >= 11 is 7.02. The third kappa shape index (κ3) is 5.04. The molecule has 0 unspecified atom stereocenters. The maximum Gasteiger partial charge on any atom is 0.252 e. The molecule has 124 valence electrons. The first-order valence-electron chi connectivity index (χ1n) is 6.90. The van der Waals surface area contributed by atoms with Crippen molar-refractivity contribution in [2.24, 2.45) is 0 Å². The van der Waals surface area contributed by atoms with Gasteiger partial charge in [0.1, 0.15) is 4.21 Å². The first-order chi connectivity index (χ1) is 10.9. The molecule has 0 atom stereocenters. The van der Waals surface area contributed by atoms with Crippen LogP contribution in [0.2, 0.25) is 5.02 Å². The van der Waals surface area contributed by atoms with Gasteiger partial charge in [0.15, 0.2) is 0 Å². The summed E-state index contributed by atoms with van der Waals surface area (Å²) in [5, 5.41) is 5.05. The fourth-order valence-corrected chi connectivity index (χ4v) is 4.49. The summed E-state index contributed by atoms with van der Waals surface area (Å²) in [7, 11) is -2.21. The molecular formula is C15H17ClN2O3S2. The highest BCUT2D eigenvalue weighted by Crippen LogP contribution is 2.19. The fraction of sp³-hybridized carbons (Fsp3) is 0.267. The molecule has 0 saturated carbocycles. The van der Waals surface area contributed by atoms with Gasteiger partial charge in [-0.2, -0.15) is 4.31 Å². The van der Waals surface area contributed by atoms with E-state index in [2.05, 4.69) is 5.32 Å². The predicted molar refractivity (Wildman–Crippen MR) is 92.3 cm³/mol. The van der Waals surface area contributed by atoms with Crippen molar-refractivity contribution < 1.29 is 13.2 Å². The Hall–Kier alpha value is -1.41. The maximum atomic E-state index is 12.2. The molecule has 0 saturated heterocycles. The number of hydrogen-bond donors (Lipinski definition) is 1. The highest BCUT2D eigenvalue weighted by atomic mass is 35.5. The van der Waals surface area contributed by atoms with Gasteiger partial charge in [0.05, 0.1) is 6.54 Å². The smallest absolute Gasteiger partial charge is 0.252 e. The van der Waals surface area contributed by atoms with Gasteiger partial charge in [0.25, 0.3) is 10.0 Å². The van der Waals surface area contributed by atoms with Crippen LogP contribution in [0.1, 0.15) is 5.56 Å². The molecular weight excluding hydrogens is 356 g/mol. The molecule has 0 aliphatic heterocycles. The molecule has 8 heteroatoms. The molecule has 1 aromatic heterocycles. The van der Waals surface area contributed by atoms with Crippen molar-refractivity contribution in [2.45, 2.75) is 10.6 Å². The van der Waals surface area contributed by atoms with E-state index in [1.165, 1.54) is 13.1 Å². The Balaban J connectivity index is 1.83. The minimum absolute atomic E-state index is 0.213. The summed E-state index contributed by atoms with van der Waals surface area (Å²) in [5.74, 6) is -0.338. The molecule has 2 aromatic rings. The highest BCUT2D eigenvalue weighted by molar-refractivity contribution is 7.91. The Morgan fingerprint density at radius 3 is 2.74 bits per heavy atom. The van der Waals surface area contributed by atoms with E-state index in [1.54, 1.807) is 17.5 Å². The van der Waals surface area contributed by atoms with Crippen molar-refractivity contribution >= 4 is 38.9 Å². The van der Waals surface area contributed by atoms with E-state index in [0.29, 0.717) is 18.0 Å².